The highest BCUT2D eigenvalue weighted by Gasteiger charge is 2.35. The van der Waals surface area contributed by atoms with Crippen LogP contribution in [-0.4, -0.2) is 47.2 Å². The Morgan fingerprint density at radius 2 is 1.61 bits per heavy atom. The molecule has 18 heavy (non-hydrogen) atoms. The zero-order chi connectivity index (χ0) is 12.7. The normalized spacial score (nSPS) is 17.1. The topological polar surface area (TPSA) is 57.5 Å². The Hall–Kier alpha value is -2.17. The Morgan fingerprint density at radius 1 is 1.06 bits per heavy atom. The summed E-state index contributed by atoms with van der Waals surface area (Å²) in [6, 6.07) is 6.74. The molecule has 0 unspecified atom stereocenters. The quantitative estimate of drug-likeness (QED) is 0.575. The number of hydrogen-bond donors (Lipinski definition) is 0. The fraction of sp³-hybridized carbons (Fsp3) is 0.308. The van der Waals surface area contributed by atoms with Crippen molar-refractivity contribution in [3.8, 4) is 0 Å². The minimum Gasteiger partial charge on any atom is -0.339 e. The van der Waals surface area contributed by atoms with Gasteiger partial charge >= 0.3 is 0 Å². The van der Waals surface area contributed by atoms with Crippen molar-refractivity contribution in [2.75, 3.05) is 19.6 Å². The maximum atomic E-state index is 12.0. The predicted octanol–water partition coefficient (Wildman–Crippen LogP) is 0.515. The molecule has 0 atom stereocenters. The number of nitrogens with zero attached hydrogens (tertiary/aromatic N) is 2. The standard InChI is InChI=1S/C13H12N2O3/c16-11(14-7-8-14)5-6-15-12(17)9-3-1-2-4-10(9)13(15)18/h1-4H,5-8H2. The molecule has 2 heterocycles. The second-order valence-electron chi connectivity index (χ2n) is 4.44. The molecule has 1 aromatic carbocycles. The van der Waals surface area contributed by atoms with E-state index in [1.807, 2.05) is 0 Å². The van der Waals surface area contributed by atoms with E-state index >= 15 is 0 Å². The monoisotopic (exact) mass is 244 g/mol. The van der Waals surface area contributed by atoms with Crippen molar-refractivity contribution in [3.63, 3.8) is 0 Å². The van der Waals surface area contributed by atoms with Gasteiger partial charge in [0.1, 0.15) is 0 Å². The van der Waals surface area contributed by atoms with Crippen LogP contribution >= 0.6 is 0 Å². The second-order valence-corrected chi connectivity index (χ2v) is 4.44. The van der Waals surface area contributed by atoms with Crippen LogP contribution < -0.4 is 0 Å². The molecule has 3 amide bonds. The van der Waals surface area contributed by atoms with Crippen LogP contribution in [0.5, 0.6) is 0 Å². The highest BCUT2D eigenvalue weighted by molar-refractivity contribution is 6.21. The van der Waals surface area contributed by atoms with Gasteiger partial charge in [-0.15, -0.1) is 0 Å². The molecule has 1 aromatic rings. The third-order valence-electron chi connectivity index (χ3n) is 3.23. The molecular formula is C13H12N2O3. The van der Waals surface area contributed by atoms with Gasteiger partial charge in [-0.05, 0) is 12.1 Å². The Kier molecular flexibility index (Phi) is 2.40. The first kappa shape index (κ1) is 11.0. The van der Waals surface area contributed by atoms with Crippen LogP contribution in [0.1, 0.15) is 27.1 Å². The summed E-state index contributed by atoms with van der Waals surface area (Å²) in [7, 11) is 0. The first-order chi connectivity index (χ1) is 8.68. The maximum Gasteiger partial charge on any atom is 0.261 e. The van der Waals surface area contributed by atoms with E-state index in [1.165, 1.54) is 0 Å². The first-order valence-corrected chi connectivity index (χ1v) is 5.91. The van der Waals surface area contributed by atoms with E-state index in [2.05, 4.69) is 0 Å². The van der Waals surface area contributed by atoms with Crippen molar-refractivity contribution in [1.29, 1.82) is 0 Å². The summed E-state index contributed by atoms with van der Waals surface area (Å²) in [4.78, 5) is 38.3. The Morgan fingerprint density at radius 3 is 2.11 bits per heavy atom. The zero-order valence-electron chi connectivity index (χ0n) is 9.76. The van der Waals surface area contributed by atoms with E-state index in [0.717, 1.165) is 18.0 Å². The minimum absolute atomic E-state index is 0.00607. The maximum absolute atomic E-state index is 12.0. The summed E-state index contributed by atoms with van der Waals surface area (Å²) in [5.41, 5.74) is 0.864. The molecule has 0 bridgehead atoms. The lowest BCUT2D eigenvalue weighted by atomic mass is 10.1. The molecule has 1 saturated heterocycles. The van der Waals surface area contributed by atoms with Gasteiger partial charge in [-0.1, -0.05) is 12.1 Å². The van der Waals surface area contributed by atoms with E-state index in [4.69, 9.17) is 0 Å². The summed E-state index contributed by atoms with van der Waals surface area (Å²) in [5, 5.41) is 0. The summed E-state index contributed by atoms with van der Waals surface area (Å²) >= 11 is 0. The average molecular weight is 244 g/mol. The number of fused-ring (bicyclic) bond motifs is 1. The molecule has 2 aliphatic rings. The SMILES string of the molecule is O=C(CCN1C(=O)c2ccccc2C1=O)N1CC1. The molecule has 5 heteroatoms. The minimum atomic E-state index is -0.297. The molecule has 3 rings (SSSR count). The van der Waals surface area contributed by atoms with Gasteiger partial charge in [0.05, 0.1) is 11.1 Å². The van der Waals surface area contributed by atoms with Crippen LogP contribution in [-0.2, 0) is 4.79 Å². The lowest BCUT2D eigenvalue weighted by Gasteiger charge is -2.13. The third kappa shape index (κ3) is 1.68. The van der Waals surface area contributed by atoms with Gasteiger partial charge in [-0.3, -0.25) is 19.3 Å². The molecule has 0 N–H and O–H groups in total. The van der Waals surface area contributed by atoms with E-state index in [9.17, 15) is 14.4 Å². The van der Waals surface area contributed by atoms with Gasteiger partial charge in [0.25, 0.3) is 11.8 Å². The Balaban J connectivity index is 1.73. The predicted molar refractivity (Wildman–Crippen MR) is 63.0 cm³/mol. The number of imide groups is 1. The van der Waals surface area contributed by atoms with Crippen molar-refractivity contribution >= 4 is 17.7 Å². The van der Waals surface area contributed by atoms with Crippen LogP contribution in [0, 0.1) is 0 Å². The summed E-state index contributed by atoms with van der Waals surface area (Å²) in [6.45, 7) is 1.75. The summed E-state index contributed by atoms with van der Waals surface area (Å²) in [6.07, 6.45) is 0.214. The van der Waals surface area contributed by atoms with Crippen LogP contribution in [0.25, 0.3) is 0 Å². The zero-order valence-corrected chi connectivity index (χ0v) is 9.76. The Bertz CT molecular complexity index is 514. The molecular weight excluding hydrogens is 232 g/mol. The van der Waals surface area contributed by atoms with Gasteiger partial charge in [-0.2, -0.15) is 0 Å². The fourth-order valence-corrected chi connectivity index (χ4v) is 2.11. The molecule has 0 aromatic heterocycles. The molecule has 0 radical (unpaired) electrons. The van der Waals surface area contributed by atoms with Crippen molar-refractivity contribution in [3.05, 3.63) is 35.4 Å². The van der Waals surface area contributed by atoms with E-state index < -0.39 is 0 Å². The largest absolute Gasteiger partial charge is 0.339 e. The lowest BCUT2D eigenvalue weighted by molar-refractivity contribution is -0.125. The molecule has 0 spiro atoms. The number of rotatable bonds is 3. The van der Waals surface area contributed by atoms with Crippen LogP contribution in [0.4, 0.5) is 0 Å². The number of amides is 3. The van der Waals surface area contributed by atoms with E-state index in [0.29, 0.717) is 11.1 Å². The van der Waals surface area contributed by atoms with Crippen molar-refractivity contribution in [2.45, 2.75) is 6.42 Å². The van der Waals surface area contributed by atoms with Gasteiger partial charge in [0.15, 0.2) is 0 Å². The summed E-state index contributed by atoms with van der Waals surface area (Å²) < 4.78 is 0. The number of benzene rings is 1. The smallest absolute Gasteiger partial charge is 0.261 e. The highest BCUT2D eigenvalue weighted by atomic mass is 16.2. The van der Waals surface area contributed by atoms with Crippen molar-refractivity contribution < 1.29 is 14.4 Å². The molecule has 0 saturated carbocycles. The molecule has 5 nitrogen and oxygen atoms in total. The molecule has 2 aliphatic heterocycles. The summed E-state index contributed by atoms with van der Waals surface area (Å²) in [5.74, 6) is -0.588. The van der Waals surface area contributed by atoms with Crippen molar-refractivity contribution in [1.82, 2.24) is 9.80 Å². The van der Waals surface area contributed by atoms with Crippen LogP contribution in [0.15, 0.2) is 24.3 Å². The molecule has 0 aliphatic carbocycles. The van der Waals surface area contributed by atoms with E-state index in [1.54, 1.807) is 29.2 Å². The van der Waals surface area contributed by atoms with Gasteiger partial charge < -0.3 is 4.90 Å². The first-order valence-electron chi connectivity index (χ1n) is 5.91. The number of hydrogen-bond acceptors (Lipinski definition) is 3. The number of carbonyl (C=O) groups is 3. The fourth-order valence-electron chi connectivity index (χ4n) is 2.11. The van der Waals surface area contributed by atoms with Crippen LogP contribution in [0.2, 0.25) is 0 Å². The van der Waals surface area contributed by atoms with Gasteiger partial charge in [0.2, 0.25) is 5.91 Å². The van der Waals surface area contributed by atoms with Gasteiger partial charge in [0, 0.05) is 26.1 Å². The molecule has 1 fully saturated rings. The molecule has 92 valence electrons. The Labute approximate surface area is 104 Å². The average Bonchev–Trinajstić information content (AvgIpc) is 3.19. The van der Waals surface area contributed by atoms with E-state index in [-0.39, 0.29) is 30.7 Å². The number of carbonyl (C=O) groups excluding carboxylic acids is 3. The van der Waals surface area contributed by atoms with Crippen molar-refractivity contribution in [2.24, 2.45) is 0 Å². The third-order valence-corrected chi connectivity index (χ3v) is 3.23. The lowest BCUT2D eigenvalue weighted by Crippen LogP contribution is -2.32. The second kappa shape index (κ2) is 3.94. The van der Waals surface area contributed by atoms with Crippen LogP contribution in [0.3, 0.4) is 0 Å². The van der Waals surface area contributed by atoms with Gasteiger partial charge in [-0.25, -0.2) is 0 Å². The highest BCUT2D eigenvalue weighted by Crippen LogP contribution is 2.22.